The van der Waals surface area contributed by atoms with Gasteiger partial charge in [0.25, 0.3) is 11.8 Å². The molecule has 2 amide bonds. The summed E-state index contributed by atoms with van der Waals surface area (Å²) in [5.41, 5.74) is 0. The third-order valence-electron chi connectivity index (χ3n) is 5.88. The van der Waals surface area contributed by atoms with E-state index in [1.165, 1.54) is 35.8 Å². The topological polar surface area (TPSA) is 130 Å². The molecule has 0 saturated carbocycles. The van der Waals surface area contributed by atoms with E-state index in [0.29, 0.717) is 119 Å². The number of imide groups is 1. The highest BCUT2D eigenvalue weighted by atomic mass is 127. The molecule has 0 atom stereocenters. The molecule has 0 unspecified atom stereocenters. The van der Waals surface area contributed by atoms with E-state index in [0.717, 1.165) is 17.9 Å². The van der Waals surface area contributed by atoms with E-state index in [-0.39, 0.29) is 25.0 Å². The lowest BCUT2D eigenvalue weighted by Gasteiger charge is -2.13. The summed E-state index contributed by atoms with van der Waals surface area (Å²) in [6.45, 7) is 10.4. The normalized spacial score (nSPS) is 13.2. The van der Waals surface area contributed by atoms with Gasteiger partial charge < -0.3 is 47.4 Å². The lowest BCUT2D eigenvalue weighted by atomic mass is 10.2. The van der Waals surface area contributed by atoms with Gasteiger partial charge >= 0.3 is 0 Å². The summed E-state index contributed by atoms with van der Waals surface area (Å²) < 4.78 is 55.8. The quantitative estimate of drug-likeness (QED) is 0.0403. The predicted molar refractivity (Wildman–Crippen MR) is 171 cm³/mol. The van der Waals surface area contributed by atoms with Crippen molar-refractivity contribution in [2.75, 3.05) is 143 Å². The molecule has 1 aliphatic heterocycles. The number of unbranched alkanes of at least 4 members (excludes halogenated alkanes) is 3. The molecule has 14 heteroatoms. The van der Waals surface area contributed by atoms with Crippen LogP contribution in [-0.4, -0.2) is 160 Å². The summed E-state index contributed by atoms with van der Waals surface area (Å²) in [5.74, 6) is -0.607. The van der Waals surface area contributed by atoms with E-state index in [1.54, 1.807) is 0 Å². The highest BCUT2D eigenvalue weighted by Crippen LogP contribution is 2.03. The summed E-state index contributed by atoms with van der Waals surface area (Å²) in [6, 6.07) is 0. The summed E-state index contributed by atoms with van der Waals surface area (Å²) in [7, 11) is 0. The van der Waals surface area contributed by atoms with Crippen molar-refractivity contribution in [1.82, 2.24) is 4.90 Å². The first-order valence-electron chi connectivity index (χ1n) is 15.6. The van der Waals surface area contributed by atoms with E-state index in [9.17, 15) is 9.59 Å². The molecule has 0 radical (unpaired) electrons. The molecule has 258 valence electrons. The van der Waals surface area contributed by atoms with Crippen LogP contribution < -0.4 is 0 Å². The van der Waals surface area contributed by atoms with Gasteiger partial charge in [-0.3, -0.25) is 14.5 Å². The molecule has 0 aliphatic carbocycles. The van der Waals surface area contributed by atoms with Crippen molar-refractivity contribution < 1.29 is 57.0 Å². The number of halogens is 1. The molecule has 1 heterocycles. The number of ether oxygens (including phenoxy) is 10. The van der Waals surface area contributed by atoms with Crippen molar-refractivity contribution in [3.63, 3.8) is 0 Å². The van der Waals surface area contributed by atoms with Crippen molar-refractivity contribution in [2.45, 2.75) is 25.7 Å². The summed E-state index contributed by atoms with van der Waals surface area (Å²) in [6.07, 6.45) is 7.47. The molecular weight excluding hydrogens is 693 g/mol. The van der Waals surface area contributed by atoms with Gasteiger partial charge in [-0.15, -0.1) is 0 Å². The average Bonchev–Trinajstić information content (AvgIpc) is 3.35. The molecule has 0 spiro atoms. The fourth-order valence-electron chi connectivity index (χ4n) is 3.54. The van der Waals surface area contributed by atoms with Crippen molar-refractivity contribution in [2.24, 2.45) is 0 Å². The van der Waals surface area contributed by atoms with Crippen LogP contribution in [0.25, 0.3) is 0 Å². The number of rotatable bonds is 36. The number of hydrogen-bond acceptors (Lipinski definition) is 12. The first kappa shape index (κ1) is 41.2. The first-order chi connectivity index (χ1) is 21.8. The van der Waals surface area contributed by atoms with Gasteiger partial charge in [-0.05, 0) is 17.3 Å². The second kappa shape index (κ2) is 33.6. The number of carbonyl (C=O) groups is 2. The number of nitrogens with zero attached hydrogens (tertiary/aromatic N) is 1. The van der Waals surface area contributed by atoms with Gasteiger partial charge in [-0.25, -0.2) is 0 Å². The fourth-order valence-corrected chi connectivity index (χ4v) is 4.08. The average molecular weight is 748 g/mol. The van der Waals surface area contributed by atoms with Crippen LogP contribution in [0.1, 0.15) is 25.7 Å². The second-order valence-electron chi connectivity index (χ2n) is 9.39. The van der Waals surface area contributed by atoms with Crippen LogP contribution in [-0.2, 0) is 57.0 Å². The smallest absolute Gasteiger partial charge is 0.253 e. The van der Waals surface area contributed by atoms with Crippen LogP contribution in [0.15, 0.2) is 12.2 Å². The van der Waals surface area contributed by atoms with Crippen LogP contribution in [0, 0.1) is 0 Å². The van der Waals surface area contributed by atoms with Gasteiger partial charge in [0.15, 0.2) is 0 Å². The molecule has 1 rings (SSSR count). The first-order valence-corrected chi connectivity index (χ1v) is 17.1. The van der Waals surface area contributed by atoms with Crippen molar-refractivity contribution in [1.29, 1.82) is 0 Å². The third-order valence-corrected chi connectivity index (χ3v) is 6.64. The second-order valence-corrected chi connectivity index (χ2v) is 10.5. The Kier molecular flexibility index (Phi) is 31.5. The molecular formula is C30H54INO12. The zero-order valence-corrected chi connectivity index (χ0v) is 28.4. The number of alkyl halides is 1. The monoisotopic (exact) mass is 747 g/mol. The summed E-state index contributed by atoms with van der Waals surface area (Å²) in [5, 5.41) is 0. The van der Waals surface area contributed by atoms with Crippen molar-refractivity contribution in [3.05, 3.63) is 12.2 Å². The Balaban J connectivity index is 1.62. The minimum Gasteiger partial charge on any atom is -0.379 e. The van der Waals surface area contributed by atoms with Crippen LogP contribution in [0.3, 0.4) is 0 Å². The molecule has 0 fully saturated rings. The Morgan fingerprint density at radius 3 is 0.977 bits per heavy atom. The van der Waals surface area contributed by atoms with E-state index in [4.69, 9.17) is 47.4 Å². The molecule has 44 heavy (non-hydrogen) atoms. The van der Waals surface area contributed by atoms with E-state index < -0.39 is 0 Å². The Morgan fingerprint density at radius 1 is 0.386 bits per heavy atom. The summed E-state index contributed by atoms with van der Waals surface area (Å²) in [4.78, 5) is 23.9. The molecule has 0 saturated heterocycles. The molecule has 13 nitrogen and oxygen atoms in total. The van der Waals surface area contributed by atoms with Crippen LogP contribution in [0.2, 0.25) is 0 Å². The summed E-state index contributed by atoms with van der Waals surface area (Å²) >= 11 is 2.42. The SMILES string of the molecule is O=C1C=CC(=O)N1CCOCCOCCOCCOCCOCCOCCOCCOCCOCCOCCCCCCI. The highest BCUT2D eigenvalue weighted by Gasteiger charge is 2.22. The van der Waals surface area contributed by atoms with Crippen LogP contribution in [0.4, 0.5) is 0 Å². The van der Waals surface area contributed by atoms with Crippen molar-refractivity contribution >= 4 is 34.4 Å². The van der Waals surface area contributed by atoms with Gasteiger partial charge in [0.1, 0.15) is 0 Å². The van der Waals surface area contributed by atoms with Gasteiger partial charge in [-0.2, -0.15) is 0 Å². The van der Waals surface area contributed by atoms with Crippen LogP contribution in [0.5, 0.6) is 0 Å². The maximum absolute atomic E-state index is 11.4. The van der Waals surface area contributed by atoms with E-state index in [1.807, 2.05) is 0 Å². The molecule has 1 aliphatic rings. The van der Waals surface area contributed by atoms with E-state index >= 15 is 0 Å². The van der Waals surface area contributed by atoms with Crippen LogP contribution >= 0.6 is 22.6 Å². The zero-order valence-electron chi connectivity index (χ0n) is 26.3. The molecule has 0 bridgehead atoms. The Bertz CT molecular complexity index is 670. The minimum atomic E-state index is -0.303. The van der Waals surface area contributed by atoms with E-state index in [2.05, 4.69) is 22.6 Å². The maximum atomic E-state index is 11.4. The van der Waals surface area contributed by atoms with Gasteiger partial charge in [0.2, 0.25) is 0 Å². The lowest BCUT2D eigenvalue weighted by Crippen LogP contribution is -2.33. The number of hydrogen-bond donors (Lipinski definition) is 0. The maximum Gasteiger partial charge on any atom is 0.253 e. The highest BCUT2D eigenvalue weighted by molar-refractivity contribution is 14.1. The zero-order chi connectivity index (χ0) is 31.6. The molecule has 0 N–H and O–H groups in total. The Labute approximate surface area is 276 Å². The number of amides is 2. The third kappa shape index (κ3) is 27.5. The Morgan fingerprint density at radius 2 is 0.659 bits per heavy atom. The van der Waals surface area contributed by atoms with Crippen molar-refractivity contribution in [3.8, 4) is 0 Å². The largest absolute Gasteiger partial charge is 0.379 e. The minimum absolute atomic E-state index is 0.243. The van der Waals surface area contributed by atoms with Gasteiger partial charge in [-0.1, -0.05) is 35.4 Å². The lowest BCUT2D eigenvalue weighted by molar-refractivity contribution is -0.137. The predicted octanol–water partition coefficient (Wildman–Crippen LogP) is 2.07. The molecule has 0 aromatic heterocycles. The van der Waals surface area contributed by atoms with Gasteiger partial charge in [0, 0.05) is 18.8 Å². The molecule has 0 aromatic carbocycles. The Hall–Kier alpha value is -0.790. The fraction of sp³-hybridized carbons (Fsp3) is 0.867. The molecule has 0 aromatic rings. The number of carbonyl (C=O) groups excluding carboxylic acids is 2. The van der Waals surface area contributed by atoms with Gasteiger partial charge in [0.05, 0.1) is 132 Å². The standard InChI is InChI=1S/C30H54INO12/c31-7-3-1-2-4-9-35-11-13-37-15-17-39-19-21-41-23-25-43-27-28-44-26-24-42-22-20-40-18-16-38-14-12-36-10-8-32-29(33)5-6-30(32)34/h5-6H,1-4,7-28H2.